The van der Waals surface area contributed by atoms with Crippen molar-refractivity contribution in [1.82, 2.24) is 14.9 Å². The van der Waals surface area contributed by atoms with Crippen molar-refractivity contribution in [1.29, 1.82) is 0 Å². The maximum absolute atomic E-state index is 11.2. The van der Waals surface area contributed by atoms with Crippen LogP contribution in [0.25, 0.3) is 5.52 Å². The fourth-order valence-electron chi connectivity index (χ4n) is 2.03. The Morgan fingerprint density at radius 3 is 3.00 bits per heavy atom. The largest absolute Gasteiger partial charge is 0.477 e. The lowest BCUT2D eigenvalue weighted by molar-refractivity contribution is 0.0687. The van der Waals surface area contributed by atoms with Crippen molar-refractivity contribution in [2.75, 3.05) is 0 Å². The number of carbonyl (C=O) groups is 1. The molecule has 2 N–H and O–H groups in total. The molecule has 0 aromatic carbocycles. The first-order valence-electron chi connectivity index (χ1n) is 6.02. The number of aromatic nitrogens is 2. The highest BCUT2D eigenvalue weighted by molar-refractivity contribution is 5.86. The fourth-order valence-corrected chi connectivity index (χ4v) is 2.03. The summed E-state index contributed by atoms with van der Waals surface area (Å²) >= 11 is 0. The van der Waals surface area contributed by atoms with E-state index in [1.165, 1.54) is 17.4 Å². The predicted octanol–water partition coefficient (Wildman–Crippen LogP) is 1.67. The van der Waals surface area contributed by atoms with E-state index >= 15 is 0 Å². The van der Waals surface area contributed by atoms with Crippen LogP contribution < -0.4 is 5.32 Å². The fraction of sp³-hybridized carbons (Fsp3) is 0.385. The minimum absolute atomic E-state index is 0.204. The number of aromatic carboxylic acids is 1. The quantitative estimate of drug-likeness (QED) is 0.860. The molecule has 1 saturated carbocycles. The van der Waals surface area contributed by atoms with Crippen LogP contribution in [0.5, 0.6) is 0 Å². The van der Waals surface area contributed by atoms with Crippen LogP contribution in [0.15, 0.2) is 24.4 Å². The van der Waals surface area contributed by atoms with Gasteiger partial charge in [0.1, 0.15) is 0 Å². The highest BCUT2D eigenvalue weighted by Gasteiger charge is 2.36. The van der Waals surface area contributed by atoms with Gasteiger partial charge in [-0.05, 0) is 43.5 Å². The summed E-state index contributed by atoms with van der Waals surface area (Å²) in [6.07, 6.45) is 3.99. The molecule has 0 aliphatic heterocycles. The monoisotopic (exact) mass is 245 g/mol. The number of hydrogen-bond donors (Lipinski definition) is 2. The lowest BCUT2D eigenvalue weighted by atomic mass is 10.2. The van der Waals surface area contributed by atoms with Gasteiger partial charge >= 0.3 is 5.97 Å². The summed E-state index contributed by atoms with van der Waals surface area (Å²) < 4.78 is 1.45. The second-order valence-electron chi connectivity index (χ2n) is 5.14. The highest BCUT2D eigenvalue weighted by atomic mass is 16.4. The van der Waals surface area contributed by atoms with Gasteiger partial charge in [-0.1, -0.05) is 0 Å². The third-order valence-corrected chi connectivity index (χ3v) is 3.49. The number of nitrogens with zero attached hydrogens (tertiary/aromatic N) is 2. The smallest absolute Gasteiger partial charge is 0.354 e. The maximum Gasteiger partial charge on any atom is 0.354 e. The van der Waals surface area contributed by atoms with Gasteiger partial charge in [0.05, 0.1) is 11.7 Å². The Kier molecular flexibility index (Phi) is 2.38. The van der Waals surface area contributed by atoms with E-state index < -0.39 is 5.97 Å². The van der Waals surface area contributed by atoms with Crippen LogP contribution in [0, 0.1) is 0 Å². The van der Waals surface area contributed by atoms with Crippen LogP contribution in [0.4, 0.5) is 0 Å². The minimum Gasteiger partial charge on any atom is -0.477 e. The number of rotatable bonds is 4. The molecule has 0 saturated heterocycles. The SMILES string of the molecule is CC1(NCc2cc(C(=O)O)n3nccc3c2)CC1. The molecule has 5 heteroatoms. The summed E-state index contributed by atoms with van der Waals surface area (Å²) in [6, 6.07) is 5.47. The summed E-state index contributed by atoms with van der Waals surface area (Å²) in [6.45, 7) is 2.88. The number of nitrogens with one attached hydrogen (secondary N) is 1. The molecule has 5 nitrogen and oxygen atoms in total. The Balaban J connectivity index is 1.94. The lowest BCUT2D eigenvalue weighted by Gasteiger charge is -2.12. The molecule has 0 amide bonds. The Hall–Kier alpha value is -1.88. The highest BCUT2D eigenvalue weighted by Crippen LogP contribution is 2.34. The number of hydrogen-bond acceptors (Lipinski definition) is 3. The average molecular weight is 245 g/mol. The standard InChI is InChI=1S/C13H15N3O2/c1-13(3-4-13)14-8-9-6-10-2-5-15-16(10)11(7-9)12(17)18/h2,5-7,14H,3-4,8H2,1H3,(H,17,18). The van der Waals surface area contributed by atoms with Gasteiger partial charge in [0.2, 0.25) is 0 Å². The van der Waals surface area contributed by atoms with Gasteiger partial charge < -0.3 is 10.4 Å². The van der Waals surface area contributed by atoms with Crippen LogP contribution in [-0.2, 0) is 6.54 Å². The molecule has 0 unspecified atom stereocenters. The molecule has 1 aliphatic rings. The first-order valence-corrected chi connectivity index (χ1v) is 6.02. The van der Waals surface area contributed by atoms with Crippen molar-refractivity contribution in [2.45, 2.75) is 31.8 Å². The summed E-state index contributed by atoms with van der Waals surface area (Å²) in [5.41, 5.74) is 2.24. The van der Waals surface area contributed by atoms with Gasteiger partial charge in [-0.25, -0.2) is 9.31 Å². The van der Waals surface area contributed by atoms with Gasteiger partial charge in [0, 0.05) is 12.1 Å². The lowest BCUT2D eigenvalue weighted by Crippen LogP contribution is -2.27. The van der Waals surface area contributed by atoms with Crippen LogP contribution in [-0.4, -0.2) is 26.2 Å². The summed E-state index contributed by atoms with van der Waals surface area (Å²) in [7, 11) is 0. The van der Waals surface area contributed by atoms with Crippen LogP contribution in [0.2, 0.25) is 0 Å². The first-order chi connectivity index (χ1) is 8.57. The number of carboxylic acid groups (broad SMARTS) is 1. The normalized spacial score (nSPS) is 16.9. The molecule has 0 spiro atoms. The third-order valence-electron chi connectivity index (χ3n) is 3.49. The zero-order valence-corrected chi connectivity index (χ0v) is 10.2. The number of pyridine rings is 1. The van der Waals surface area contributed by atoms with E-state index in [2.05, 4.69) is 17.3 Å². The molecule has 1 fully saturated rings. The van der Waals surface area contributed by atoms with Crippen LogP contribution in [0.3, 0.4) is 0 Å². The summed E-state index contributed by atoms with van der Waals surface area (Å²) in [4.78, 5) is 11.2. The third kappa shape index (κ3) is 1.97. The molecule has 2 aromatic heterocycles. The Bertz CT molecular complexity index is 614. The molecular formula is C13H15N3O2. The van der Waals surface area contributed by atoms with Gasteiger partial charge in [0.15, 0.2) is 5.69 Å². The first kappa shape index (κ1) is 11.2. The predicted molar refractivity (Wildman–Crippen MR) is 66.6 cm³/mol. The van der Waals surface area contributed by atoms with Gasteiger partial charge in [-0.15, -0.1) is 0 Å². The number of fused-ring (bicyclic) bond motifs is 1. The van der Waals surface area contributed by atoms with Crippen molar-refractivity contribution in [3.8, 4) is 0 Å². The molecule has 0 radical (unpaired) electrons. The molecule has 94 valence electrons. The summed E-state index contributed by atoms with van der Waals surface area (Å²) in [5, 5.41) is 16.7. The Labute approximate surface area is 104 Å². The molecule has 2 aromatic rings. The second kappa shape index (κ2) is 3.81. The molecule has 0 atom stereocenters. The zero-order valence-electron chi connectivity index (χ0n) is 10.2. The topological polar surface area (TPSA) is 66.6 Å². The average Bonchev–Trinajstić information content (AvgIpc) is 2.90. The molecule has 1 aliphatic carbocycles. The van der Waals surface area contributed by atoms with Crippen molar-refractivity contribution in [2.24, 2.45) is 0 Å². The number of carboxylic acids is 1. The van der Waals surface area contributed by atoms with Crippen molar-refractivity contribution in [3.05, 3.63) is 35.7 Å². The molecule has 18 heavy (non-hydrogen) atoms. The van der Waals surface area contributed by atoms with E-state index in [1.807, 2.05) is 12.1 Å². The van der Waals surface area contributed by atoms with E-state index in [9.17, 15) is 9.90 Å². The van der Waals surface area contributed by atoms with E-state index in [0.29, 0.717) is 6.54 Å². The minimum atomic E-state index is -0.955. The van der Waals surface area contributed by atoms with E-state index in [-0.39, 0.29) is 11.2 Å². The zero-order chi connectivity index (χ0) is 12.8. The van der Waals surface area contributed by atoms with Gasteiger partial charge in [0.25, 0.3) is 0 Å². The maximum atomic E-state index is 11.2. The van der Waals surface area contributed by atoms with Crippen molar-refractivity contribution < 1.29 is 9.90 Å². The van der Waals surface area contributed by atoms with Crippen molar-refractivity contribution in [3.63, 3.8) is 0 Å². The van der Waals surface area contributed by atoms with Crippen molar-refractivity contribution >= 4 is 11.5 Å². The molecule has 2 heterocycles. The molecule has 0 bridgehead atoms. The van der Waals surface area contributed by atoms with Crippen LogP contribution in [0.1, 0.15) is 35.8 Å². The Morgan fingerprint density at radius 1 is 1.56 bits per heavy atom. The summed E-state index contributed by atoms with van der Waals surface area (Å²) in [5.74, 6) is -0.955. The van der Waals surface area contributed by atoms with Gasteiger partial charge in [-0.2, -0.15) is 5.10 Å². The molecule has 3 rings (SSSR count). The van der Waals surface area contributed by atoms with Crippen LogP contribution >= 0.6 is 0 Å². The second-order valence-corrected chi connectivity index (χ2v) is 5.14. The van der Waals surface area contributed by atoms with E-state index in [1.54, 1.807) is 12.3 Å². The van der Waals surface area contributed by atoms with E-state index in [0.717, 1.165) is 11.1 Å². The Morgan fingerprint density at radius 2 is 2.33 bits per heavy atom. The van der Waals surface area contributed by atoms with Gasteiger partial charge in [-0.3, -0.25) is 0 Å². The molecular weight excluding hydrogens is 230 g/mol. The van der Waals surface area contributed by atoms with E-state index in [4.69, 9.17) is 0 Å².